The predicted molar refractivity (Wildman–Crippen MR) is 105 cm³/mol. The molecule has 0 aromatic heterocycles. The molecule has 12 nitrogen and oxygen atoms in total. The van der Waals surface area contributed by atoms with Gasteiger partial charge in [0.05, 0.1) is 0 Å². The minimum absolute atomic E-state index is 0.236. The number of aliphatic hydroxyl groups is 4. The quantitative estimate of drug-likeness (QED) is 0.167. The molecular weight excluding hydrogens is 442 g/mol. The first-order valence-electron chi connectivity index (χ1n) is 9.98. The number of nitrogens with one attached hydrogen (secondary N) is 2. The number of hydrogen-bond donors (Lipinski definition) is 6. The van der Waals surface area contributed by atoms with Gasteiger partial charge in [0.25, 0.3) is 0 Å². The van der Waals surface area contributed by atoms with Crippen LogP contribution in [0.2, 0.25) is 0 Å². The zero-order valence-corrected chi connectivity index (χ0v) is 18.8. The molecule has 1 unspecified atom stereocenters. The normalized spacial score (nSPS) is 36.9. The van der Waals surface area contributed by atoms with Crippen LogP contribution in [0.4, 0.5) is 4.39 Å². The summed E-state index contributed by atoms with van der Waals surface area (Å²) < 4.78 is 36.0. The molecule has 14 heteroatoms. The molecule has 0 bridgehead atoms. The average Bonchev–Trinajstić information content (AvgIpc) is 2.65. The van der Waals surface area contributed by atoms with Gasteiger partial charge in [-0.1, -0.05) is 0 Å². The van der Waals surface area contributed by atoms with Crippen molar-refractivity contribution < 1.29 is 52.9 Å². The van der Waals surface area contributed by atoms with E-state index in [9.17, 15) is 30.0 Å². The van der Waals surface area contributed by atoms with Crippen LogP contribution in [-0.2, 0) is 28.1 Å². The van der Waals surface area contributed by atoms with Gasteiger partial charge in [0.15, 0.2) is 0 Å². The van der Waals surface area contributed by atoms with Crippen LogP contribution < -0.4 is 10.2 Å². The third kappa shape index (κ3) is 5.86. The number of halogens is 1. The van der Waals surface area contributed by atoms with Crippen LogP contribution in [0, 0.1) is 0 Å². The average molecular weight is 474 g/mol. The fourth-order valence-electron chi connectivity index (χ4n) is 3.17. The first-order chi connectivity index (χ1) is 14.3. The monoisotopic (exact) mass is 474 g/mol. The Morgan fingerprint density at radius 1 is 1.03 bits per heavy atom. The zero-order valence-electron chi connectivity index (χ0n) is 17.8. The van der Waals surface area contributed by atoms with Crippen LogP contribution in [0.15, 0.2) is 0 Å². The van der Waals surface area contributed by atoms with Gasteiger partial charge < -0.3 is 0 Å². The summed E-state index contributed by atoms with van der Waals surface area (Å²) in [6.07, 6.45) is -8.54. The molecule has 0 saturated carbocycles. The second-order valence-electron chi connectivity index (χ2n) is 8.11. The van der Waals surface area contributed by atoms with E-state index in [0.29, 0.717) is 0 Å². The molecule has 0 aliphatic carbocycles. The van der Waals surface area contributed by atoms with Gasteiger partial charge in [0, 0.05) is 0 Å². The van der Waals surface area contributed by atoms with E-state index >= 15 is 4.39 Å². The number of alkyl halides is 1. The summed E-state index contributed by atoms with van der Waals surface area (Å²) in [6, 6.07) is -0.472. The summed E-state index contributed by atoms with van der Waals surface area (Å²) in [4.78, 5) is 24.9. The fraction of sp³-hybridized carbons (Fsp3) is 0.882. The Bertz CT molecular complexity index is 622. The van der Waals surface area contributed by atoms with Crippen LogP contribution >= 0.6 is 8.02 Å². The van der Waals surface area contributed by atoms with Crippen molar-refractivity contribution in [2.24, 2.45) is 0 Å². The molecule has 2 aliphatic rings. The summed E-state index contributed by atoms with van der Waals surface area (Å²) >= 11 is 0. The molecule has 0 aromatic carbocycles. The number of hydrogen-bond acceptors (Lipinski definition) is 12. The molecule has 6 N–H and O–H groups in total. The van der Waals surface area contributed by atoms with Gasteiger partial charge in [0.1, 0.15) is 0 Å². The van der Waals surface area contributed by atoms with Crippen LogP contribution in [0.3, 0.4) is 0 Å². The van der Waals surface area contributed by atoms with Crippen molar-refractivity contribution in [1.29, 1.82) is 0 Å². The Hall–Kier alpha value is -1.02. The molecule has 2 rings (SSSR count). The van der Waals surface area contributed by atoms with Crippen molar-refractivity contribution >= 4 is 20.0 Å². The molecule has 31 heavy (non-hydrogen) atoms. The predicted octanol–water partition coefficient (Wildman–Crippen LogP) is -1.59. The van der Waals surface area contributed by atoms with Gasteiger partial charge in [-0.25, -0.2) is 0 Å². The minimum atomic E-state index is -3.77. The maximum atomic E-state index is 15.2. The molecule has 5 atom stereocenters. The molecular formula is C17H32FN2O10P. The van der Waals surface area contributed by atoms with Gasteiger partial charge >= 0.3 is 179 Å². The van der Waals surface area contributed by atoms with Crippen molar-refractivity contribution in [3.63, 3.8) is 0 Å². The van der Waals surface area contributed by atoms with Crippen LogP contribution in [0.5, 0.6) is 0 Å². The second kappa shape index (κ2) is 10.3. The molecule has 2 saturated heterocycles. The van der Waals surface area contributed by atoms with Gasteiger partial charge in [-0.05, 0) is 0 Å². The van der Waals surface area contributed by atoms with Gasteiger partial charge in [0.2, 0.25) is 0 Å². The molecule has 2 heterocycles. The Kier molecular flexibility index (Phi) is 8.70. The van der Waals surface area contributed by atoms with Crippen molar-refractivity contribution in [3.05, 3.63) is 0 Å². The molecule has 0 spiro atoms. The van der Waals surface area contributed by atoms with Crippen LogP contribution in [0.1, 0.15) is 34.1 Å². The number of carbonyl (C=O) groups is 2. The van der Waals surface area contributed by atoms with Gasteiger partial charge in [-0.2, -0.15) is 0 Å². The number of rotatable bonds is 9. The summed E-state index contributed by atoms with van der Waals surface area (Å²) in [6.45, 7) is 5.68. The third-order valence-corrected chi connectivity index (χ3v) is 7.51. The van der Waals surface area contributed by atoms with Crippen molar-refractivity contribution in [1.82, 2.24) is 10.2 Å². The zero-order chi connectivity index (χ0) is 23.6. The van der Waals surface area contributed by atoms with Crippen LogP contribution in [0.25, 0.3) is 0 Å². The molecule has 0 radical (unpaired) electrons. The van der Waals surface area contributed by atoms with E-state index in [0.717, 1.165) is 0 Å². The molecule has 0 aromatic rings. The third-order valence-electron chi connectivity index (χ3n) is 4.65. The topological polar surface area (TPSA) is 176 Å². The number of carbonyl (C=O) groups excluding carboxylic acids is 2. The van der Waals surface area contributed by atoms with E-state index in [-0.39, 0.29) is 12.1 Å². The second-order valence-corrected chi connectivity index (χ2v) is 10.3. The molecule has 2 aliphatic heterocycles. The SMILES string of the molecule is CC(C)N[PH]1(NC(C)C)OC(=O)C(F)(CCOC2O[C@H](CO)[C@@H](O)[C@H](O)[C@H]2O)C(=O)O1. The van der Waals surface area contributed by atoms with E-state index in [2.05, 4.69) is 10.2 Å². The van der Waals surface area contributed by atoms with Gasteiger partial charge in [-0.3, -0.25) is 0 Å². The van der Waals surface area contributed by atoms with E-state index in [1.54, 1.807) is 27.7 Å². The van der Waals surface area contributed by atoms with Crippen LogP contribution in [-0.4, -0.2) is 94.0 Å². The van der Waals surface area contributed by atoms with E-state index in [1.165, 1.54) is 0 Å². The summed E-state index contributed by atoms with van der Waals surface area (Å²) in [5.41, 5.74) is -3.15. The maximum absolute atomic E-state index is 15.2. The van der Waals surface area contributed by atoms with Crippen molar-refractivity contribution in [2.75, 3.05) is 13.2 Å². The van der Waals surface area contributed by atoms with E-state index in [1.807, 2.05) is 0 Å². The molecule has 182 valence electrons. The standard InChI is InChI=1S/C17H32FN2O10P/c1-8(2)19-31(20-9(3)4)29-15(25)17(18,16(26)30-31)5-6-27-14-13(24)12(23)11(22)10(7-21)28-14/h8-14,19-24,31H,5-7H2,1-4H3/t10-,11-,12+,13-,14?/m1/s1. The Labute approximate surface area is 179 Å². The van der Waals surface area contributed by atoms with Crippen molar-refractivity contribution in [2.45, 2.75) is 82.6 Å². The molecule has 2 fully saturated rings. The number of aliphatic hydroxyl groups excluding tert-OH is 4. The first kappa shape index (κ1) is 26.2. The molecule has 0 amide bonds. The van der Waals surface area contributed by atoms with Crippen molar-refractivity contribution in [3.8, 4) is 0 Å². The Morgan fingerprint density at radius 3 is 2.00 bits per heavy atom. The Balaban J connectivity index is 2.04. The summed E-state index contributed by atoms with van der Waals surface area (Å²) in [7, 11) is -3.77. The first-order valence-corrected chi connectivity index (χ1v) is 11.8. The van der Waals surface area contributed by atoms with Gasteiger partial charge in [-0.15, -0.1) is 0 Å². The number of ether oxygens (including phenoxy) is 2. The summed E-state index contributed by atoms with van der Waals surface area (Å²) in [5.74, 6) is -2.87. The Morgan fingerprint density at radius 2 is 1.55 bits per heavy atom. The van der Waals surface area contributed by atoms with E-state index < -0.39 is 76.0 Å². The summed E-state index contributed by atoms with van der Waals surface area (Å²) in [5, 5.41) is 44.4. The fourth-order valence-corrected chi connectivity index (χ4v) is 5.90. The van der Waals surface area contributed by atoms with E-state index in [4.69, 9.17) is 18.5 Å².